The van der Waals surface area contributed by atoms with Crippen molar-refractivity contribution in [3.63, 3.8) is 0 Å². The second-order valence-corrected chi connectivity index (χ2v) is 6.77. The van der Waals surface area contributed by atoms with Crippen LogP contribution in [-0.2, 0) is 13.0 Å². The first-order valence-corrected chi connectivity index (χ1v) is 9.79. The maximum atomic E-state index is 5.51. The number of hydrogen-bond donors (Lipinski definition) is 3. The second kappa shape index (κ2) is 9.78. The summed E-state index contributed by atoms with van der Waals surface area (Å²) >= 11 is 0. The van der Waals surface area contributed by atoms with Crippen LogP contribution in [0.3, 0.4) is 0 Å². The number of pyridine rings is 1. The fourth-order valence-corrected chi connectivity index (χ4v) is 3.10. The number of para-hydroxylation sites is 1. The summed E-state index contributed by atoms with van der Waals surface area (Å²) in [5.41, 5.74) is 4.89. The van der Waals surface area contributed by atoms with Crippen molar-refractivity contribution in [2.24, 2.45) is 4.99 Å². The Kier molecular flexibility index (Phi) is 6.89. The van der Waals surface area contributed by atoms with Crippen molar-refractivity contribution in [2.45, 2.75) is 33.2 Å². The van der Waals surface area contributed by atoms with Crippen LogP contribution in [-0.4, -0.2) is 36.1 Å². The number of fused-ring (bicyclic) bond motifs is 1. The van der Waals surface area contributed by atoms with Gasteiger partial charge in [0.2, 0.25) is 5.88 Å². The van der Waals surface area contributed by atoms with Crippen LogP contribution in [0.4, 0.5) is 0 Å². The molecule has 0 bridgehead atoms. The van der Waals surface area contributed by atoms with Gasteiger partial charge in [0.1, 0.15) is 0 Å². The lowest BCUT2D eigenvalue weighted by atomic mass is 10.1. The van der Waals surface area contributed by atoms with Crippen molar-refractivity contribution >= 4 is 16.9 Å². The first kappa shape index (κ1) is 19.7. The molecule has 0 aliphatic heterocycles. The van der Waals surface area contributed by atoms with E-state index in [1.165, 1.54) is 22.0 Å². The van der Waals surface area contributed by atoms with E-state index in [-0.39, 0.29) is 0 Å². The number of ether oxygens (including phenoxy) is 1. The summed E-state index contributed by atoms with van der Waals surface area (Å²) in [4.78, 5) is 12.0. The van der Waals surface area contributed by atoms with Crippen molar-refractivity contribution in [2.75, 3.05) is 20.2 Å². The van der Waals surface area contributed by atoms with Crippen LogP contribution in [0.25, 0.3) is 10.9 Å². The number of nitrogens with one attached hydrogen (secondary N) is 3. The molecule has 3 N–H and O–H groups in total. The minimum Gasteiger partial charge on any atom is -0.478 e. The molecule has 0 atom stereocenters. The Morgan fingerprint density at radius 2 is 2.11 bits per heavy atom. The number of aliphatic imine (C=N–C) groups is 1. The largest absolute Gasteiger partial charge is 0.478 e. The van der Waals surface area contributed by atoms with Gasteiger partial charge >= 0.3 is 0 Å². The highest BCUT2D eigenvalue weighted by molar-refractivity contribution is 5.86. The van der Waals surface area contributed by atoms with Crippen molar-refractivity contribution in [3.8, 4) is 5.88 Å². The van der Waals surface area contributed by atoms with Gasteiger partial charge in [-0.25, -0.2) is 4.98 Å². The molecule has 0 saturated carbocycles. The van der Waals surface area contributed by atoms with E-state index in [1.54, 1.807) is 7.05 Å². The van der Waals surface area contributed by atoms with Gasteiger partial charge in [-0.05, 0) is 36.5 Å². The molecule has 0 unspecified atom stereocenters. The van der Waals surface area contributed by atoms with E-state index in [1.807, 2.05) is 18.3 Å². The highest BCUT2D eigenvalue weighted by Crippen LogP contribution is 2.21. The topological polar surface area (TPSA) is 74.3 Å². The van der Waals surface area contributed by atoms with Crippen molar-refractivity contribution < 1.29 is 4.74 Å². The Morgan fingerprint density at radius 1 is 1.21 bits per heavy atom. The van der Waals surface area contributed by atoms with Gasteiger partial charge < -0.3 is 20.4 Å². The average Bonchev–Trinajstić information content (AvgIpc) is 3.14. The molecule has 2 heterocycles. The molecule has 0 aliphatic rings. The minimum atomic E-state index is 0.660. The van der Waals surface area contributed by atoms with Crippen molar-refractivity contribution in [3.05, 3.63) is 59.4 Å². The summed E-state index contributed by atoms with van der Waals surface area (Å²) in [5.74, 6) is 1.45. The number of aromatic amines is 1. The Morgan fingerprint density at radius 3 is 2.86 bits per heavy atom. The number of guanidine groups is 1. The van der Waals surface area contributed by atoms with Crippen LogP contribution in [0.1, 0.15) is 30.0 Å². The second-order valence-electron chi connectivity index (χ2n) is 6.77. The third kappa shape index (κ3) is 5.03. The molecule has 28 heavy (non-hydrogen) atoms. The lowest BCUT2D eigenvalue weighted by Crippen LogP contribution is -2.37. The van der Waals surface area contributed by atoms with Crippen LogP contribution in [0.2, 0.25) is 0 Å². The number of rotatable bonds is 8. The Labute approximate surface area is 166 Å². The summed E-state index contributed by atoms with van der Waals surface area (Å²) in [5, 5.41) is 7.99. The minimum absolute atomic E-state index is 0.660. The monoisotopic (exact) mass is 379 g/mol. The van der Waals surface area contributed by atoms with Gasteiger partial charge in [0.15, 0.2) is 5.96 Å². The summed E-state index contributed by atoms with van der Waals surface area (Å²) < 4.78 is 5.51. The first-order valence-electron chi connectivity index (χ1n) is 9.79. The SMILES string of the molecule is CCCOc1ccc(CNC(=NC)NCCc2c[nH]c3c(C)cccc23)cn1. The lowest BCUT2D eigenvalue weighted by Gasteiger charge is -2.12. The predicted molar refractivity (Wildman–Crippen MR) is 115 cm³/mol. The van der Waals surface area contributed by atoms with E-state index in [0.717, 1.165) is 30.9 Å². The van der Waals surface area contributed by atoms with Gasteiger partial charge in [0.05, 0.1) is 6.61 Å². The van der Waals surface area contributed by atoms with Crippen LogP contribution in [0, 0.1) is 6.92 Å². The number of H-pyrrole nitrogens is 1. The van der Waals surface area contributed by atoms with Crippen LogP contribution >= 0.6 is 0 Å². The summed E-state index contributed by atoms with van der Waals surface area (Å²) in [6.45, 7) is 6.37. The van der Waals surface area contributed by atoms with E-state index in [4.69, 9.17) is 4.74 Å². The number of aryl methyl sites for hydroxylation is 1. The Bertz CT molecular complexity index is 914. The summed E-state index contributed by atoms with van der Waals surface area (Å²) in [6.07, 6.45) is 5.84. The molecule has 0 fully saturated rings. The van der Waals surface area contributed by atoms with Gasteiger partial charge in [0, 0.05) is 49.5 Å². The van der Waals surface area contributed by atoms with Gasteiger partial charge in [-0.1, -0.05) is 31.2 Å². The lowest BCUT2D eigenvalue weighted by molar-refractivity contribution is 0.305. The Balaban J connectivity index is 1.47. The Hall–Kier alpha value is -3.02. The van der Waals surface area contributed by atoms with Gasteiger partial charge in [-0.2, -0.15) is 0 Å². The third-order valence-corrected chi connectivity index (χ3v) is 4.63. The zero-order valence-electron chi connectivity index (χ0n) is 16.9. The van der Waals surface area contributed by atoms with E-state index in [2.05, 4.69) is 63.8 Å². The molecule has 2 aromatic heterocycles. The molecule has 0 amide bonds. The highest BCUT2D eigenvalue weighted by atomic mass is 16.5. The number of hydrogen-bond acceptors (Lipinski definition) is 3. The zero-order valence-corrected chi connectivity index (χ0v) is 16.9. The summed E-state index contributed by atoms with van der Waals surface area (Å²) in [6, 6.07) is 10.3. The number of nitrogens with zero attached hydrogens (tertiary/aromatic N) is 2. The standard InChI is InChI=1S/C22H29N5O/c1-4-12-28-20-9-8-17(13-25-20)14-27-22(23-3)24-11-10-18-15-26-21-16(2)6-5-7-19(18)21/h5-9,13,15,26H,4,10-12,14H2,1-3H3,(H2,23,24,27). The van der Waals surface area contributed by atoms with Gasteiger partial charge in [-0.15, -0.1) is 0 Å². The molecule has 1 aromatic carbocycles. The smallest absolute Gasteiger partial charge is 0.213 e. The molecule has 3 rings (SSSR count). The molecule has 6 heteroatoms. The third-order valence-electron chi connectivity index (χ3n) is 4.63. The molecule has 148 valence electrons. The quantitative estimate of drug-likeness (QED) is 0.413. The normalized spacial score (nSPS) is 11.6. The summed E-state index contributed by atoms with van der Waals surface area (Å²) in [7, 11) is 1.78. The maximum absolute atomic E-state index is 5.51. The molecule has 0 aliphatic carbocycles. The van der Waals surface area contributed by atoms with Gasteiger partial charge in [0.25, 0.3) is 0 Å². The zero-order chi connectivity index (χ0) is 19.8. The van der Waals surface area contributed by atoms with Crippen LogP contribution < -0.4 is 15.4 Å². The van der Waals surface area contributed by atoms with Crippen molar-refractivity contribution in [1.29, 1.82) is 0 Å². The average molecular weight is 380 g/mol. The van der Waals surface area contributed by atoms with Crippen LogP contribution in [0.15, 0.2) is 47.7 Å². The van der Waals surface area contributed by atoms with E-state index >= 15 is 0 Å². The maximum Gasteiger partial charge on any atom is 0.213 e. The van der Waals surface area contributed by atoms with E-state index in [0.29, 0.717) is 19.0 Å². The highest BCUT2D eigenvalue weighted by Gasteiger charge is 2.06. The molecular weight excluding hydrogens is 350 g/mol. The molecule has 0 radical (unpaired) electrons. The molecule has 3 aromatic rings. The van der Waals surface area contributed by atoms with Gasteiger partial charge in [-0.3, -0.25) is 4.99 Å². The number of benzene rings is 1. The van der Waals surface area contributed by atoms with E-state index in [9.17, 15) is 0 Å². The molecule has 0 saturated heterocycles. The van der Waals surface area contributed by atoms with Crippen molar-refractivity contribution in [1.82, 2.24) is 20.6 Å². The molecule has 0 spiro atoms. The van der Waals surface area contributed by atoms with Crippen LogP contribution in [0.5, 0.6) is 5.88 Å². The fraction of sp³-hybridized carbons (Fsp3) is 0.364. The fourth-order valence-electron chi connectivity index (χ4n) is 3.10. The molecule has 6 nitrogen and oxygen atoms in total. The van der Waals surface area contributed by atoms with E-state index < -0.39 is 0 Å². The molecular formula is C22H29N5O. The first-order chi connectivity index (χ1) is 13.7. The predicted octanol–water partition coefficient (Wildman–Crippen LogP) is 3.57. The number of aromatic nitrogens is 2.